The molecule has 2 rings (SSSR count). The van der Waals surface area contributed by atoms with Gasteiger partial charge in [-0.25, -0.2) is 0 Å². The number of hydrogen-bond donors (Lipinski definition) is 2. The van der Waals surface area contributed by atoms with Crippen LogP contribution in [0.5, 0.6) is 0 Å². The Morgan fingerprint density at radius 1 is 1.55 bits per heavy atom. The fourth-order valence-corrected chi connectivity index (χ4v) is 3.84. The van der Waals surface area contributed by atoms with E-state index in [0.717, 1.165) is 17.3 Å². The molecule has 0 radical (unpaired) electrons. The summed E-state index contributed by atoms with van der Waals surface area (Å²) in [5.74, 6) is -0.863. The Kier molecular flexibility index (Phi) is 5.17. The van der Waals surface area contributed by atoms with Crippen molar-refractivity contribution in [3.8, 4) is 0 Å². The second-order valence-electron chi connectivity index (χ2n) is 4.85. The van der Waals surface area contributed by atoms with Crippen molar-refractivity contribution in [3.63, 3.8) is 0 Å². The average molecular weight is 361 g/mol. The zero-order valence-electron chi connectivity index (χ0n) is 11.1. The summed E-state index contributed by atoms with van der Waals surface area (Å²) in [5, 5.41) is 13.7. The number of carboxylic acid groups (broad SMARTS) is 1. The van der Waals surface area contributed by atoms with Gasteiger partial charge in [0, 0.05) is 16.6 Å². The van der Waals surface area contributed by atoms with Crippen molar-refractivity contribution < 1.29 is 14.7 Å². The number of carbonyl (C=O) groups is 2. The molecule has 1 aliphatic carbocycles. The quantitative estimate of drug-likeness (QED) is 0.815. The van der Waals surface area contributed by atoms with E-state index < -0.39 is 5.97 Å². The minimum atomic E-state index is -0.804. The highest BCUT2D eigenvalue weighted by atomic mass is 79.9. The van der Waals surface area contributed by atoms with Gasteiger partial charge in [0.05, 0.1) is 6.54 Å². The molecular weight excluding hydrogens is 344 g/mol. The van der Waals surface area contributed by atoms with Crippen molar-refractivity contribution in [3.05, 3.63) is 20.8 Å². The lowest BCUT2D eigenvalue weighted by atomic mass is 9.85. The highest BCUT2D eigenvalue weighted by Gasteiger charge is 2.35. The largest absolute Gasteiger partial charge is 0.480 e. The number of aliphatic carboxylic acids is 1. The van der Waals surface area contributed by atoms with E-state index in [1.807, 2.05) is 23.3 Å². The first-order valence-electron chi connectivity index (χ1n) is 6.51. The van der Waals surface area contributed by atoms with Crippen molar-refractivity contribution in [1.82, 2.24) is 10.2 Å². The molecule has 0 saturated heterocycles. The zero-order valence-corrected chi connectivity index (χ0v) is 13.5. The van der Waals surface area contributed by atoms with E-state index >= 15 is 0 Å². The van der Waals surface area contributed by atoms with Crippen LogP contribution in [0.15, 0.2) is 15.9 Å². The molecule has 0 atom stereocenters. The Hall–Kier alpha value is -0.920. The molecular formula is C13H17BrN2O3S. The van der Waals surface area contributed by atoms with Crippen LogP contribution in [0.2, 0.25) is 0 Å². The van der Waals surface area contributed by atoms with Gasteiger partial charge < -0.3 is 10.4 Å². The number of nitrogens with zero attached hydrogens (tertiary/aromatic N) is 1. The van der Waals surface area contributed by atoms with Crippen LogP contribution in [-0.2, 0) is 4.79 Å². The topological polar surface area (TPSA) is 69.6 Å². The third kappa shape index (κ3) is 3.59. The third-order valence-corrected chi connectivity index (χ3v) is 5.37. The van der Waals surface area contributed by atoms with Crippen LogP contribution in [0.25, 0.3) is 0 Å². The van der Waals surface area contributed by atoms with E-state index in [0.29, 0.717) is 11.4 Å². The third-order valence-electron chi connectivity index (χ3n) is 3.53. The van der Waals surface area contributed by atoms with Gasteiger partial charge in [0.25, 0.3) is 5.91 Å². The van der Waals surface area contributed by atoms with Crippen LogP contribution in [0.4, 0.5) is 0 Å². The van der Waals surface area contributed by atoms with Crippen molar-refractivity contribution in [2.75, 3.05) is 13.1 Å². The Morgan fingerprint density at radius 3 is 2.75 bits per heavy atom. The van der Waals surface area contributed by atoms with Crippen LogP contribution in [0.3, 0.4) is 0 Å². The van der Waals surface area contributed by atoms with Gasteiger partial charge in [-0.2, -0.15) is 0 Å². The predicted molar refractivity (Wildman–Crippen MR) is 81.2 cm³/mol. The summed E-state index contributed by atoms with van der Waals surface area (Å²) in [7, 11) is 0. The minimum absolute atomic E-state index is 0.0587. The van der Waals surface area contributed by atoms with Crippen molar-refractivity contribution >= 4 is 39.1 Å². The lowest BCUT2D eigenvalue weighted by Crippen LogP contribution is -2.54. The molecule has 1 amide bonds. The highest BCUT2D eigenvalue weighted by Crippen LogP contribution is 2.27. The molecule has 1 aliphatic rings. The molecule has 1 aromatic rings. The molecule has 0 aromatic carbocycles. The van der Waals surface area contributed by atoms with Crippen molar-refractivity contribution in [2.45, 2.75) is 31.8 Å². The zero-order chi connectivity index (χ0) is 14.7. The molecule has 0 bridgehead atoms. The SMILES string of the molecule is CCN(CC(=O)O)C1CC(NC(=O)c2sccc2Br)C1. The summed E-state index contributed by atoms with van der Waals surface area (Å²) in [5.41, 5.74) is 0. The maximum absolute atomic E-state index is 12.0. The standard InChI is InChI=1S/C13H17BrN2O3S/c1-2-16(7-11(17)18)9-5-8(6-9)15-13(19)12-10(14)3-4-20-12/h3-4,8-9H,2,5-7H2,1H3,(H,15,19)(H,17,18). The van der Waals surface area contributed by atoms with Gasteiger partial charge in [-0.15, -0.1) is 11.3 Å². The molecule has 110 valence electrons. The Balaban J connectivity index is 1.80. The molecule has 1 fully saturated rings. The van der Waals surface area contributed by atoms with Gasteiger partial charge >= 0.3 is 5.97 Å². The summed E-state index contributed by atoms with van der Waals surface area (Å²) in [6.45, 7) is 2.74. The van der Waals surface area contributed by atoms with Gasteiger partial charge in [-0.1, -0.05) is 6.92 Å². The van der Waals surface area contributed by atoms with Crippen LogP contribution in [0, 0.1) is 0 Å². The van der Waals surface area contributed by atoms with Crippen LogP contribution in [-0.4, -0.2) is 47.1 Å². The summed E-state index contributed by atoms with van der Waals surface area (Å²) in [4.78, 5) is 25.4. The van der Waals surface area contributed by atoms with Crippen LogP contribution < -0.4 is 5.32 Å². The lowest BCUT2D eigenvalue weighted by molar-refractivity contribution is -0.139. The second-order valence-corrected chi connectivity index (χ2v) is 6.62. The van der Waals surface area contributed by atoms with E-state index in [2.05, 4.69) is 21.2 Å². The van der Waals surface area contributed by atoms with E-state index in [9.17, 15) is 9.59 Å². The molecule has 5 nitrogen and oxygen atoms in total. The molecule has 0 aliphatic heterocycles. The maximum Gasteiger partial charge on any atom is 0.317 e. The van der Waals surface area contributed by atoms with Gasteiger partial charge in [0.2, 0.25) is 0 Å². The van der Waals surface area contributed by atoms with E-state index in [-0.39, 0.29) is 24.5 Å². The lowest BCUT2D eigenvalue weighted by Gasteiger charge is -2.42. The van der Waals surface area contributed by atoms with Crippen LogP contribution >= 0.6 is 27.3 Å². The molecule has 7 heteroatoms. The Labute approximate surface area is 130 Å². The fourth-order valence-electron chi connectivity index (χ4n) is 2.38. The van der Waals surface area contributed by atoms with Crippen molar-refractivity contribution in [2.24, 2.45) is 0 Å². The smallest absolute Gasteiger partial charge is 0.317 e. The van der Waals surface area contributed by atoms with Crippen molar-refractivity contribution in [1.29, 1.82) is 0 Å². The number of rotatable bonds is 6. The first kappa shape index (κ1) is 15.5. The first-order valence-corrected chi connectivity index (χ1v) is 8.18. The van der Waals surface area contributed by atoms with Gasteiger partial charge in [0.15, 0.2) is 0 Å². The number of nitrogens with one attached hydrogen (secondary N) is 1. The number of carbonyl (C=O) groups excluding carboxylic acids is 1. The summed E-state index contributed by atoms with van der Waals surface area (Å²) < 4.78 is 0.817. The summed E-state index contributed by atoms with van der Waals surface area (Å²) >= 11 is 4.75. The maximum atomic E-state index is 12.0. The molecule has 1 aromatic heterocycles. The monoisotopic (exact) mass is 360 g/mol. The Morgan fingerprint density at radius 2 is 2.25 bits per heavy atom. The molecule has 0 spiro atoms. The predicted octanol–water partition coefficient (Wildman–Crippen LogP) is 2.18. The van der Waals surface area contributed by atoms with E-state index in [1.54, 1.807) is 0 Å². The molecule has 2 N–H and O–H groups in total. The molecule has 1 saturated carbocycles. The van der Waals surface area contributed by atoms with Gasteiger partial charge in [-0.05, 0) is 46.8 Å². The number of halogens is 1. The normalized spacial score (nSPS) is 21.6. The fraction of sp³-hybridized carbons (Fsp3) is 0.538. The van der Waals surface area contributed by atoms with Gasteiger partial charge in [0.1, 0.15) is 4.88 Å². The number of thiophene rings is 1. The van der Waals surface area contributed by atoms with E-state index in [1.165, 1.54) is 11.3 Å². The average Bonchev–Trinajstić information content (AvgIpc) is 2.76. The summed E-state index contributed by atoms with van der Waals surface area (Å²) in [6.07, 6.45) is 1.63. The minimum Gasteiger partial charge on any atom is -0.480 e. The number of amides is 1. The number of hydrogen-bond acceptors (Lipinski definition) is 4. The second kappa shape index (κ2) is 6.69. The van der Waals surface area contributed by atoms with Crippen LogP contribution in [0.1, 0.15) is 29.4 Å². The first-order chi connectivity index (χ1) is 9.51. The molecule has 1 heterocycles. The molecule has 0 unspecified atom stereocenters. The van der Waals surface area contributed by atoms with Gasteiger partial charge in [-0.3, -0.25) is 14.5 Å². The number of likely N-dealkylation sites (N-methyl/N-ethyl adjacent to an activating group) is 1. The number of carboxylic acids is 1. The van der Waals surface area contributed by atoms with E-state index in [4.69, 9.17) is 5.11 Å². The highest BCUT2D eigenvalue weighted by molar-refractivity contribution is 9.10. The Bertz CT molecular complexity index is 500. The summed E-state index contributed by atoms with van der Waals surface area (Å²) in [6, 6.07) is 2.26. The molecule has 20 heavy (non-hydrogen) atoms.